The van der Waals surface area contributed by atoms with Crippen LogP contribution in [0.4, 0.5) is 4.79 Å². The maximum atomic E-state index is 11.1. The monoisotopic (exact) mass is 253 g/mol. The van der Waals surface area contributed by atoms with E-state index in [1.165, 1.54) is 4.90 Å². The number of rotatable bonds is 4. The van der Waals surface area contributed by atoms with Crippen LogP contribution < -0.4 is 0 Å². The minimum atomic E-state index is -0.907. The van der Waals surface area contributed by atoms with Crippen molar-refractivity contribution in [2.75, 3.05) is 13.2 Å². The number of amides is 1. The maximum Gasteiger partial charge on any atom is 0.408 e. The molecule has 0 fully saturated rings. The summed E-state index contributed by atoms with van der Waals surface area (Å²) in [6.07, 6.45) is 8.00. The van der Waals surface area contributed by atoms with Crippen molar-refractivity contribution in [2.45, 2.75) is 32.7 Å². The van der Waals surface area contributed by atoms with E-state index >= 15 is 0 Å². The van der Waals surface area contributed by atoms with Gasteiger partial charge < -0.3 is 10.2 Å². The molecule has 1 rings (SSSR count). The lowest BCUT2D eigenvalue weighted by molar-refractivity contribution is 0.108. The van der Waals surface area contributed by atoms with Crippen molar-refractivity contribution in [3.05, 3.63) is 24.3 Å². The molecule has 0 spiro atoms. The van der Waals surface area contributed by atoms with Crippen LogP contribution in [0.15, 0.2) is 24.3 Å². The van der Waals surface area contributed by atoms with Gasteiger partial charge in [-0.2, -0.15) is 0 Å². The van der Waals surface area contributed by atoms with Gasteiger partial charge in [-0.1, -0.05) is 24.3 Å². The molecule has 102 valence electrons. The van der Waals surface area contributed by atoms with E-state index in [0.29, 0.717) is 12.5 Å². The van der Waals surface area contributed by atoms with Crippen LogP contribution >= 0.6 is 0 Å². The van der Waals surface area contributed by atoms with Crippen molar-refractivity contribution >= 4 is 6.09 Å². The maximum absolute atomic E-state index is 11.1. The fourth-order valence-electron chi connectivity index (χ4n) is 2.13. The summed E-state index contributed by atoms with van der Waals surface area (Å²) in [6, 6.07) is 0. The molecule has 0 aliphatic heterocycles. The summed E-state index contributed by atoms with van der Waals surface area (Å²) >= 11 is 0. The second-order valence-electron chi connectivity index (χ2n) is 5.67. The third kappa shape index (κ3) is 3.88. The van der Waals surface area contributed by atoms with E-state index in [2.05, 4.69) is 6.08 Å². The van der Waals surface area contributed by atoms with Gasteiger partial charge >= 0.3 is 6.09 Å². The van der Waals surface area contributed by atoms with Crippen molar-refractivity contribution in [3.8, 4) is 0 Å². The van der Waals surface area contributed by atoms with E-state index in [4.69, 9.17) is 5.11 Å². The highest BCUT2D eigenvalue weighted by atomic mass is 16.4. The molecule has 4 nitrogen and oxygen atoms in total. The van der Waals surface area contributed by atoms with E-state index in [1.807, 2.05) is 39.0 Å². The summed E-state index contributed by atoms with van der Waals surface area (Å²) < 4.78 is 0. The molecule has 2 N–H and O–H groups in total. The van der Waals surface area contributed by atoms with Gasteiger partial charge in [0.1, 0.15) is 0 Å². The molecule has 0 aromatic heterocycles. The second kappa shape index (κ2) is 6.05. The average Bonchev–Trinajstić information content (AvgIpc) is 2.69. The first-order valence-electron chi connectivity index (χ1n) is 6.31. The lowest BCUT2D eigenvalue weighted by Gasteiger charge is -2.32. The van der Waals surface area contributed by atoms with Gasteiger partial charge in [0.25, 0.3) is 0 Å². The minimum absolute atomic E-state index is 0.146. The first kappa shape index (κ1) is 14.8. The van der Waals surface area contributed by atoms with E-state index < -0.39 is 11.6 Å². The number of aliphatic hydroxyl groups excluding tert-OH is 1. The number of hydrogen-bond donors (Lipinski definition) is 2. The van der Waals surface area contributed by atoms with Gasteiger partial charge in [-0.25, -0.2) is 4.79 Å². The van der Waals surface area contributed by atoms with Crippen LogP contribution in [-0.4, -0.2) is 39.9 Å². The number of carboxylic acid groups (broad SMARTS) is 1. The molecule has 0 unspecified atom stereocenters. The van der Waals surface area contributed by atoms with Crippen LogP contribution in [0.5, 0.6) is 0 Å². The van der Waals surface area contributed by atoms with Crippen LogP contribution in [0.3, 0.4) is 0 Å². The molecule has 1 aliphatic rings. The highest BCUT2D eigenvalue weighted by Gasteiger charge is 2.25. The fourth-order valence-corrected chi connectivity index (χ4v) is 2.13. The largest absolute Gasteiger partial charge is 0.465 e. The Labute approximate surface area is 109 Å². The second-order valence-corrected chi connectivity index (χ2v) is 5.67. The Morgan fingerprint density at radius 3 is 2.67 bits per heavy atom. The average molecular weight is 253 g/mol. The van der Waals surface area contributed by atoms with E-state index in [0.717, 1.165) is 6.42 Å². The molecule has 0 saturated carbocycles. The van der Waals surface area contributed by atoms with Gasteiger partial charge in [0, 0.05) is 24.6 Å². The van der Waals surface area contributed by atoms with Crippen LogP contribution in [0.1, 0.15) is 27.2 Å². The standard InChI is InChI=1S/C14H23NO3/c1-14(2,3)15(13(17)18)9-5-8-11-6-4-7-12(11)10-16/h4-5,7-8,11-12,16H,6,9-10H2,1-3H3,(H,17,18)/t11-,12+/m1/s1. The number of aliphatic hydroxyl groups is 1. The zero-order valence-corrected chi connectivity index (χ0v) is 11.3. The molecule has 2 atom stereocenters. The predicted molar refractivity (Wildman–Crippen MR) is 71.4 cm³/mol. The third-order valence-electron chi connectivity index (χ3n) is 3.26. The highest BCUT2D eigenvalue weighted by molar-refractivity contribution is 5.66. The fraction of sp³-hybridized carbons (Fsp3) is 0.643. The Morgan fingerprint density at radius 2 is 2.17 bits per heavy atom. The molecule has 0 heterocycles. The SMILES string of the molecule is CC(C)(C)N(CC=C[C@H]1CC=C[C@H]1CO)C(=O)O. The molecular formula is C14H23NO3. The Morgan fingerprint density at radius 1 is 1.50 bits per heavy atom. The zero-order valence-electron chi connectivity index (χ0n) is 11.3. The van der Waals surface area contributed by atoms with Crippen molar-refractivity contribution in [1.29, 1.82) is 0 Å². The first-order valence-corrected chi connectivity index (χ1v) is 6.31. The molecule has 18 heavy (non-hydrogen) atoms. The van der Waals surface area contributed by atoms with Crippen LogP contribution in [0, 0.1) is 11.8 Å². The van der Waals surface area contributed by atoms with Gasteiger partial charge in [-0.3, -0.25) is 4.90 Å². The Balaban J connectivity index is 2.55. The summed E-state index contributed by atoms with van der Waals surface area (Å²) in [4.78, 5) is 12.5. The van der Waals surface area contributed by atoms with Gasteiger partial charge in [0.15, 0.2) is 0 Å². The molecule has 0 saturated heterocycles. The molecule has 0 aromatic rings. The van der Waals surface area contributed by atoms with Crippen LogP contribution in [0.25, 0.3) is 0 Å². The Bertz CT molecular complexity index is 341. The van der Waals surface area contributed by atoms with Crippen molar-refractivity contribution < 1.29 is 15.0 Å². The Hall–Kier alpha value is -1.29. The lowest BCUT2D eigenvalue weighted by atomic mass is 9.96. The van der Waals surface area contributed by atoms with Gasteiger partial charge in [0.2, 0.25) is 0 Å². The van der Waals surface area contributed by atoms with Crippen LogP contribution in [-0.2, 0) is 0 Å². The van der Waals surface area contributed by atoms with Gasteiger partial charge in [0.05, 0.1) is 0 Å². The molecule has 0 aromatic carbocycles. The van der Waals surface area contributed by atoms with Crippen molar-refractivity contribution in [3.63, 3.8) is 0 Å². The number of carbonyl (C=O) groups is 1. The van der Waals surface area contributed by atoms with Crippen LogP contribution in [0.2, 0.25) is 0 Å². The number of allylic oxidation sites excluding steroid dienone is 2. The lowest BCUT2D eigenvalue weighted by Crippen LogP contribution is -2.44. The molecule has 4 heteroatoms. The van der Waals surface area contributed by atoms with Crippen molar-refractivity contribution in [1.82, 2.24) is 4.90 Å². The summed E-state index contributed by atoms with van der Waals surface area (Å²) in [5.41, 5.74) is -0.402. The summed E-state index contributed by atoms with van der Waals surface area (Å²) in [7, 11) is 0. The quantitative estimate of drug-likeness (QED) is 0.757. The van der Waals surface area contributed by atoms with Crippen molar-refractivity contribution in [2.24, 2.45) is 11.8 Å². The first-order chi connectivity index (χ1) is 8.36. The van der Waals surface area contributed by atoms with Gasteiger partial charge in [-0.05, 0) is 33.1 Å². The molecule has 0 bridgehead atoms. The third-order valence-corrected chi connectivity index (χ3v) is 3.26. The summed E-state index contributed by atoms with van der Waals surface area (Å²) in [6.45, 7) is 6.16. The van der Waals surface area contributed by atoms with E-state index in [1.54, 1.807) is 0 Å². The normalized spacial score (nSPS) is 23.8. The van der Waals surface area contributed by atoms with E-state index in [9.17, 15) is 9.90 Å². The highest BCUT2D eigenvalue weighted by Crippen LogP contribution is 2.26. The molecule has 0 radical (unpaired) electrons. The van der Waals surface area contributed by atoms with Gasteiger partial charge in [-0.15, -0.1) is 0 Å². The summed E-state index contributed by atoms with van der Waals surface area (Å²) in [5, 5.41) is 18.3. The zero-order chi connectivity index (χ0) is 13.8. The molecular weight excluding hydrogens is 230 g/mol. The Kier molecular flexibility index (Phi) is 4.96. The summed E-state index contributed by atoms with van der Waals surface area (Å²) in [5.74, 6) is 0.472. The molecule has 1 amide bonds. The topological polar surface area (TPSA) is 60.8 Å². The number of hydrogen-bond acceptors (Lipinski definition) is 2. The van der Waals surface area contributed by atoms with E-state index in [-0.39, 0.29) is 12.5 Å². The minimum Gasteiger partial charge on any atom is -0.465 e. The molecule has 1 aliphatic carbocycles. The predicted octanol–water partition coefficient (Wildman–Crippen LogP) is 2.51. The smallest absolute Gasteiger partial charge is 0.408 e. The number of nitrogens with zero attached hydrogens (tertiary/aromatic N) is 1.